The van der Waals surface area contributed by atoms with Gasteiger partial charge in [0.25, 0.3) is 11.8 Å². The van der Waals surface area contributed by atoms with Crippen LogP contribution in [0.15, 0.2) is 73.1 Å². The van der Waals surface area contributed by atoms with Gasteiger partial charge in [-0.1, -0.05) is 6.07 Å². The van der Waals surface area contributed by atoms with Gasteiger partial charge in [-0.15, -0.1) is 0 Å². The maximum absolute atomic E-state index is 12.7. The Morgan fingerprint density at radius 1 is 0.750 bits per heavy atom. The number of anilines is 2. The number of rotatable bonds is 4. The molecule has 0 aliphatic carbocycles. The van der Waals surface area contributed by atoms with Gasteiger partial charge in [-0.2, -0.15) is 13.2 Å². The maximum atomic E-state index is 12.7. The summed E-state index contributed by atoms with van der Waals surface area (Å²) >= 11 is 0. The molecule has 0 saturated heterocycles. The van der Waals surface area contributed by atoms with Crippen LogP contribution in [0.3, 0.4) is 0 Å². The van der Waals surface area contributed by atoms with Crippen molar-refractivity contribution >= 4 is 23.2 Å². The quantitative estimate of drug-likeness (QED) is 0.689. The highest BCUT2D eigenvalue weighted by molar-refractivity contribution is 6.06. The van der Waals surface area contributed by atoms with Gasteiger partial charge in [0.05, 0.1) is 5.56 Å². The van der Waals surface area contributed by atoms with Gasteiger partial charge in [-0.25, -0.2) is 0 Å². The fraction of sp³-hybridized carbons (Fsp3) is 0.0500. The standard InChI is InChI=1S/C20H14F3N3O2/c21-20(22,23)15-2-1-3-17(12-15)26-18(27)13-4-6-16(7-5-13)25-19(28)14-8-10-24-11-9-14/h1-12H,(H,25,28)(H,26,27). The third kappa shape index (κ3) is 4.73. The van der Waals surface area contributed by atoms with E-state index in [-0.39, 0.29) is 17.2 Å². The lowest BCUT2D eigenvalue weighted by atomic mass is 10.1. The summed E-state index contributed by atoms with van der Waals surface area (Å²) < 4.78 is 38.2. The summed E-state index contributed by atoms with van der Waals surface area (Å²) in [6.45, 7) is 0. The summed E-state index contributed by atoms with van der Waals surface area (Å²) in [5.41, 5.74) is 0.326. The molecule has 0 saturated carbocycles. The van der Waals surface area contributed by atoms with Crippen molar-refractivity contribution in [3.05, 3.63) is 89.7 Å². The van der Waals surface area contributed by atoms with E-state index in [0.717, 1.165) is 12.1 Å². The van der Waals surface area contributed by atoms with Crippen molar-refractivity contribution in [1.82, 2.24) is 4.98 Å². The number of hydrogen-bond acceptors (Lipinski definition) is 3. The van der Waals surface area contributed by atoms with Crippen LogP contribution in [0.4, 0.5) is 24.5 Å². The Labute approximate surface area is 158 Å². The molecule has 0 fully saturated rings. The van der Waals surface area contributed by atoms with Crippen LogP contribution in [0.1, 0.15) is 26.3 Å². The lowest BCUT2D eigenvalue weighted by Crippen LogP contribution is -2.14. The van der Waals surface area contributed by atoms with Gasteiger partial charge in [-0.3, -0.25) is 14.6 Å². The third-order valence-corrected chi connectivity index (χ3v) is 3.80. The van der Waals surface area contributed by atoms with E-state index >= 15 is 0 Å². The van der Waals surface area contributed by atoms with E-state index in [4.69, 9.17) is 0 Å². The first-order chi connectivity index (χ1) is 13.3. The van der Waals surface area contributed by atoms with Crippen LogP contribution in [0.25, 0.3) is 0 Å². The molecule has 142 valence electrons. The first kappa shape index (κ1) is 19.1. The molecule has 0 aliphatic heterocycles. The molecule has 2 aromatic carbocycles. The maximum Gasteiger partial charge on any atom is 0.416 e. The summed E-state index contributed by atoms with van der Waals surface area (Å²) in [4.78, 5) is 28.2. The molecule has 2 N–H and O–H groups in total. The average Bonchev–Trinajstić information content (AvgIpc) is 2.69. The van der Waals surface area contributed by atoms with E-state index in [1.54, 1.807) is 12.1 Å². The number of halogens is 3. The number of alkyl halides is 3. The first-order valence-electron chi connectivity index (χ1n) is 8.13. The van der Waals surface area contributed by atoms with Crippen LogP contribution in [0.5, 0.6) is 0 Å². The van der Waals surface area contributed by atoms with Gasteiger partial charge in [0.2, 0.25) is 0 Å². The zero-order chi connectivity index (χ0) is 20.1. The number of aromatic nitrogens is 1. The molecule has 0 atom stereocenters. The lowest BCUT2D eigenvalue weighted by molar-refractivity contribution is -0.137. The Morgan fingerprint density at radius 2 is 1.32 bits per heavy atom. The number of nitrogens with zero attached hydrogens (tertiary/aromatic N) is 1. The molecule has 2 amide bonds. The Bertz CT molecular complexity index is 988. The third-order valence-electron chi connectivity index (χ3n) is 3.80. The highest BCUT2D eigenvalue weighted by atomic mass is 19.4. The zero-order valence-corrected chi connectivity index (χ0v) is 14.3. The van der Waals surface area contributed by atoms with E-state index in [9.17, 15) is 22.8 Å². The minimum Gasteiger partial charge on any atom is -0.322 e. The van der Waals surface area contributed by atoms with Gasteiger partial charge in [0.15, 0.2) is 0 Å². The fourth-order valence-electron chi connectivity index (χ4n) is 2.39. The first-order valence-corrected chi connectivity index (χ1v) is 8.13. The van der Waals surface area contributed by atoms with E-state index in [2.05, 4.69) is 15.6 Å². The predicted molar refractivity (Wildman–Crippen MR) is 98.0 cm³/mol. The molecule has 0 radical (unpaired) electrons. The summed E-state index contributed by atoms with van der Waals surface area (Å²) in [5.74, 6) is -0.894. The van der Waals surface area contributed by atoms with E-state index in [1.807, 2.05) is 0 Å². The lowest BCUT2D eigenvalue weighted by Gasteiger charge is -2.10. The van der Waals surface area contributed by atoms with Gasteiger partial charge < -0.3 is 10.6 Å². The van der Waals surface area contributed by atoms with Crippen LogP contribution in [0, 0.1) is 0 Å². The minimum absolute atomic E-state index is 0.0369. The Balaban J connectivity index is 1.66. The Hall–Kier alpha value is -3.68. The van der Waals surface area contributed by atoms with Gasteiger partial charge >= 0.3 is 6.18 Å². The van der Waals surface area contributed by atoms with Crippen LogP contribution >= 0.6 is 0 Å². The molecule has 1 aromatic heterocycles. The molecule has 0 aliphatic rings. The molecule has 0 bridgehead atoms. The van der Waals surface area contributed by atoms with Crippen molar-refractivity contribution in [2.75, 3.05) is 10.6 Å². The molecule has 28 heavy (non-hydrogen) atoms. The molecule has 5 nitrogen and oxygen atoms in total. The number of benzene rings is 2. The van der Waals surface area contributed by atoms with Crippen LogP contribution in [-0.2, 0) is 6.18 Å². The van der Waals surface area contributed by atoms with Gasteiger partial charge in [0.1, 0.15) is 0 Å². The second-order valence-electron chi connectivity index (χ2n) is 5.80. The average molecular weight is 385 g/mol. The zero-order valence-electron chi connectivity index (χ0n) is 14.3. The molecule has 3 rings (SSSR count). The van der Waals surface area contributed by atoms with Gasteiger partial charge in [0, 0.05) is 34.9 Å². The molecule has 3 aromatic rings. The Kier molecular flexibility index (Phi) is 5.39. The Morgan fingerprint density at radius 3 is 1.93 bits per heavy atom. The van der Waals surface area contributed by atoms with E-state index in [1.165, 1.54) is 48.8 Å². The minimum atomic E-state index is -4.49. The number of amides is 2. The fourth-order valence-corrected chi connectivity index (χ4v) is 2.39. The van der Waals surface area contributed by atoms with Crippen LogP contribution in [0.2, 0.25) is 0 Å². The summed E-state index contributed by atoms with van der Waals surface area (Å²) in [5, 5.41) is 5.10. The van der Waals surface area contributed by atoms with Crippen molar-refractivity contribution in [2.24, 2.45) is 0 Å². The van der Waals surface area contributed by atoms with Crippen molar-refractivity contribution in [3.63, 3.8) is 0 Å². The highest BCUT2D eigenvalue weighted by Crippen LogP contribution is 2.30. The van der Waals surface area contributed by atoms with Crippen molar-refractivity contribution < 1.29 is 22.8 Å². The molecule has 0 unspecified atom stereocenters. The van der Waals surface area contributed by atoms with Crippen molar-refractivity contribution in [1.29, 1.82) is 0 Å². The summed E-state index contributed by atoms with van der Waals surface area (Å²) in [6, 6.07) is 13.5. The number of hydrogen-bond donors (Lipinski definition) is 2. The van der Waals surface area contributed by atoms with Crippen LogP contribution < -0.4 is 10.6 Å². The number of pyridine rings is 1. The SMILES string of the molecule is O=C(Nc1ccc(C(=O)Nc2cccc(C(F)(F)F)c2)cc1)c1ccncc1. The molecule has 1 heterocycles. The molecule has 8 heteroatoms. The number of nitrogens with one attached hydrogen (secondary N) is 2. The predicted octanol–water partition coefficient (Wildman–Crippen LogP) is 4.61. The molecular weight excluding hydrogens is 371 g/mol. The van der Waals surface area contributed by atoms with Crippen molar-refractivity contribution in [3.8, 4) is 0 Å². The van der Waals surface area contributed by atoms with E-state index in [0.29, 0.717) is 11.3 Å². The number of carbonyl (C=O) groups excluding carboxylic acids is 2. The van der Waals surface area contributed by atoms with Gasteiger partial charge in [-0.05, 0) is 54.6 Å². The topological polar surface area (TPSA) is 71.1 Å². The second-order valence-corrected chi connectivity index (χ2v) is 5.80. The van der Waals surface area contributed by atoms with Crippen molar-refractivity contribution in [2.45, 2.75) is 6.18 Å². The highest BCUT2D eigenvalue weighted by Gasteiger charge is 2.30. The normalized spacial score (nSPS) is 11.0. The monoisotopic (exact) mass is 385 g/mol. The summed E-state index contributed by atoms with van der Waals surface area (Å²) in [6.07, 6.45) is -1.50. The van der Waals surface area contributed by atoms with E-state index < -0.39 is 17.6 Å². The smallest absolute Gasteiger partial charge is 0.322 e. The molecule has 0 spiro atoms. The molecular formula is C20H14F3N3O2. The number of carbonyl (C=O) groups is 2. The van der Waals surface area contributed by atoms with Crippen LogP contribution in [-0.4, -0.2) is 16.8 Å². The summed E-state index contributed by atoms with van der Waals surface area (Å²) in [7, 11) is 0. The second kappa shape index (κ2) is 7.91. The largest absolute Gasteiger partial charge is 0.416 e.